The lowest BCUT2D eigenvalue weighted by atomic mass is 9.79. The first-order valence-electron chi connectivity index (χ1n) is 22.5. The van der Waals surface area contributed by atoms with Crippen molar-refractivity contribution in [2.45, 2.75) is 19.3 Å². The van der Waals surface area contributed by atoms with Gasteiger partial charge in [0, 0.05) is 49.2 Å². The predicted octanol–water partition coefficient (Wildman–Crippen LogP) is 15.8. The van der Waals surface area contributed by atoms with E-state index in [0.717, 1.165) is 50.3 Å². The molecular formula is C61H40N4. The van der Waals surface area contributed by atoms with Crippen LogP contribution in [0.25, 0.3) is 121 Å². The number of rotatable bonds is 4. The minimum Gasteiger partial charge on any atom is -0.309 e. The van der Waals surface area contributed by atoms with Crippen LogP contribution in [-0.2, 0) is 5.41 Å². The van der Waals surface area contributed by atoms with Crippen LogP contribution in [0, 0.1) is 0 Å². The topological polar surface area (TPSA) is 35.6 Å². The predicted molar refractivity (Wildman–Crippen MR) is 272 cm³/mol. The first-order valence-corrected chi connectivity index (χ1v) is 22.5. The zero-order valence-corrected chi connectivity index (χ0v) is 35.9. The van der Waals surface area contributed by atoms with Crippen LogP contribution in [0.15, 0.2) is 206 Å². The standard InChI is InChI=1S/C61H40N4/c1-61(2)50-22-7-3-16-43(50)47-20-14-21-48(58(47)61)60-59(62-51-23-8-9-24-52(51)63-60)39-30-32-42-38(33-39)15-13-28-53(42)65-56-27-12-6-19-46(56)49-35-40-34-41(31-29-37(40)36-57(49)65)64-54-25-10-4-17-44(54)45-18-5-11-26-55(45)64/h3-36H,1-2H3. The maximum atomic E-state index is 5.44. The average molecular weight is 829 g/mol. The van der Waals surface area contributed by atoms with E-state index in [-0.39, 0.29) is 5.41 Å². The first-order chi connectivity index (χ1) is 32.0. The summed E-state index contributed by atoms with van der Waals surface area (Å²) < 4.78 is 4.86. The molecule has 0 N–H and O–H groups in total. The van der Waals surface area contributed by atoms with Gasteiger partial charge in [-0.05, 0) is 105 Å². The summed E-state index contributed by atoms with van der Waals surface area (Å²) in [4.78, 5) is 10.9. The van der Waals surface area contributed by atoms with Crippen LogP contribution >= 0.6 is 0 Å². The van der Waals surface area contributed by atoms with Crippen LogP contribution in [0.5, 0.6) is 0 Å². The zero-order valence-electron chi connectivity index (χ0n) is 35.9. The SMILES string of the molecule is CC1(C)c2ccccc2-c2cccc(-c3nc4ccccc4nc3-c3ccc4c(-n5c6ccccc6c6cc7cc(-n8c9ccccc9c9ccccc98)ccc7cc65)cccc4c3)c21. The third kappa shape index (κ3) is 5.14. The van der Waals surface area contributed by atoms with Crippen LogP contribution in [0.3, 0.4) is 0 Å². The van der Waals surface area contributed by atoms with Crippen molar-refractivity contribution in [3.05, 3.63) is 217 Å². The molecule has 1 aliphatic rings. The number of para-hydroxylation sites is 5. The van der Waals surface area contributed by atoms with Gasteiger partial charge in [-0.25, -0.2) is 9.97 Å². The highest BCUT2D eigenvalue weighted by Gasteiger charge is 2.38. The third-order valence-corrected chi connectivity index (χ3v) is 14.2. The molecule has 65 heavy (non-hydrogen) atoms. The van der Waals surface area contributed by atoms with Crippen molar-refractivity contribution in [3.63, 3.8) is 0 Å². The number of nitrogens with zero attached hydrogens (tertiary/aromatic N) is 4. The van der Waals surface area contributed by atoms with E-state index >= 15 is 0 Å². The number of fused-ring (bicyclic) bond motifs is 12. The van der Waals surface area contributed by atoms with E-state index in [1.807, 2.05) is 6.07 Å². The molecular weight excluding hydrogens is 789 g/mol. The van der Waals surface area contributed by atoms with Crippen molar-refractivity contribution < 1.29 is 0 Å². The summed E-state index contributed by atoms with van der Waals surface area (Å²) in [6.07, 6.45) is 0. The first kappa shape index (κ1) is 36.2. The third-order valence-electron chi connectivity index (χ3n) is 14.2. The van der Waals surface area contributed by atoms with Gasteiger partial charge in [-0.15, -0.1) is 0 Å². The van der Waals surface area contributed by atoms with E-state index in [2.05, 4.69) is 223 Å². The lowest BCUT2D eigenvalue weighted by Crippen LogP contribution is -2.16. The Hall–Kier alpha value is -8.34. The minimum absolute atomic E-state index is 0.201. The Kier molecular flexibility index (Phi) is 7.42. The Morgan fingerprint density at radius 3 is 1.75 bits per heavy atom. The van der Waals surface area contributed by atoms with Gasteiger partial charge in [-0.3, -0.25) is 0 Å². The molecule has 13 aromatic rings. The van der Waals surface area contributed by atoms with E-state index < -0.39 is 0 Å². The molecule has 0 saturated carbocycles. The van der Waals surface area contributed by atoms with Crippen molar-refractivity contribution in [1.82, 2.24) is 19.1 Å². The summed E-state index contributed by atoms with van der Waals surface area (Å²) in [7, 11) is 0. The number of benzene rings is 10. The molecule has 0 saturated heterocycles. The molecule has 304 valence electrons. The lowest BCUT2D eigenvalue weighted by Gasteiger charge is -2.25. The van der Waals surface area contributed by atoms with Gasteiger partial charge in [0.15, 0.2) is 0 Å². The van der Waals surface area contributed by atoms with Gasteiger partial charge in [0.05, 0.1) is 50.2 Å². The summed E-state index contributed by atoms with van der Waals surface area (Å²) in [5, 5.41) is 9.74. The van der Waals surface area contributed by atoms with Gasteiger partial charge in [-0.1, -0.05) is 153 Å². The Morgan fingerprint density at radius 1 is 0.369 bits per heavy atom. The fraction of sp³-hybridized carbons (Fsp3) is 0.0492. The fourth-order valence-electron chi connectivity index (χ4n) is 11.3. The molecule has 4 heteroatoms. The second-order valence-corrected chi connectivity index (χ2v) is 18.1. The Labute approximate surface area is 375 Å². The molecule has 14 rings (SSSR count). The van der Waals surface area contributed by atoms with E-state index in [1.165, 1.54) is 82.0 Å². The Bertz CT molecular complexity index is 4110. The van der Waals surface area contributed by atoms with Crippen LogP contribution in [0.4, 0.5) is 0 Å². The monoisotopic (exact) mass is 828 g/mol. The van der Waals surface area contributed by atoms with E-state index in [0.29, 0.717) is 0 Å². The molecule has 0 spiro atoms. The summed E-state index contributed by atoms with van der Waals surface area (Å²) in [5.41, 5.74) is 17.9. The van der Waals surface area contributed by atoms with E-state index in [9.17, 15) is 0 Å². The number of hydrogen-bond acceptors (Lipinski definition) is 2. The fourth-order valence-corrected chi connectivity index (χ4v) is 11.3. The smallest absolute Gasteiger partial charge is 0.0976 e. The largest absolute Gasteiger partial charge is 0.309 e. The van der Waals surface area contributed by atoms with Crippen molar-refractivity contribution in [2.75, 3.05) is 0 Å². The summed E-state index contributed by atoms with van der Waals surface area (Å²) in [6, 6.07) is 75.2. The molecule has 0 atom stereocenters. The molecule has 0 aliphatic heterocycles. The van der Waals surface area contributed by atoms with Crippen molar-refractivity contribution in [1.29, 1.82) is 0 Å². The second kappa shape index (κ2) is 13.3. The number of hydrogen-bond donors (Lipinski definition) is 0. The summed E-state index contributed by atoms with van der Waals surface area (Å²) in [6.45, 7) is 4.68. The summed E-state index contributed by atoms with van der Waals surface area (Å²) >= 11 is 0. The Balaban J connectivity index is 0.944. The maximum absolute atomic E-state index is 5.44. The van der Waals surface area contributed by atoms with Gasteiger partial charge in [0.1, 0.15) is 0 Å². The van der Waals surface area contributed by atoms with Gasteiger partial charge in [0.25, 0.3) is 0 Å². The number of aromatic nitrogens is 4. The molecule has 0 unspecified atom stereocenters. The Morgan fingerprint density at radius 2 is 0.985 bits per heavy atom. The lowest BCUT2D eigenvalue weighted by molar-refractivity contribution is 0.662. The molecule has 3 heterocycles. The highest BCUT2D eigenvalue weighted by atomic mass is 15.0. The van der Waals surface area contributed by atoms with E-state index in [1.54, 1.807) is 0 Å². The van der Waals surface area contributed by atoms with Crippen molar-refractivity contribution in [3.8, 4) is 45.0 Å². The van der Waals surface area contributed by atoms with Gasteiger partial charge in [-0.2, -0.15) is 0 Å². The van der Waals surface area contributed by atoms with Gasteiger partial charge in [0.2, 0.25) is 0 Å². The van der Waals surface area contributed by atoms with Crippen molar-refractivity contribution >= 4 is 76.2 Å². The normalized spacial score (nSPS) is 13.2. The molecule has 10 aromatic carbocycles. The van der Waals surface area contributed by atoms with Crippen LogP contribution in [-0.4, -0.2) is 19.1 Å². The van der Waals surface area contributed by atoms with Crippen LogP contribution < -0.4 is 0 Å². The summed E-state index contributed by atoms with van der Waals surface area (Å²) in [5.74, 6) is 0. The minimum atomic E-state index is -0.201. The highest BCUT2D eigenvalue weighted by Crippen LogP contribution is 2.53. The molecule has 0 radical (unpaired) electrons. The molecule has 1 aliphatic carbocycles. The molecule has 0 bridgehead atoms. The van der Waals surface area contributed by atoms with Crippen LogP contribution in [0.2, 0.25) is 0 Å². The molecule has 4 nitrogen and oxygen atoms in total. The maximum Gasteiger partial charge on any atom is 0.0976 e. The molecule has 0 fully saturated rings. The zero-order chi connectivity index (χ0) is 43.0. The van der Waals surface area contributed by atoms with E-state index in [4.69, 9.17) is 9.97 Å². The van der Waals surface area contributed by atoms with Crippen molar-refractivity contribution in [2.24, 2.45) is 0 Å². The quantitative estimate of drug-likeness (QED) is 0.177. The molecule has 0 amide bonds. The van der Waals surface area contributed by atoms with Gasteiger partial charge < -0.3 is 9.13 Å². The van der Waals surface area contributed by atoms with Gasteiger partial charge >= 0.3 is 0 Å². The molecule has 3 aromatic heterocycles. The highest BCUT2D eigenvalue weighted by molar-refractivity contribution is 6.15. The van der Waals surface area contributed by atoms with Crippen LogP contribution in [0.1, 0.15) is 25.0 Å². The average Bonchev–Trinajstić information content (AvgIpc) is 3.95. The second-order valence-electron chi connectivity index (χ2n) is 18.1.